The Kier molecular flexibility index (Phi) is 4.95. The molecule has 34 heavy (non-hydrogen) atoms. The van der Waals surface area contributed by atoms with Crippen molar-refractivity contribution in [3.63, 3.8) is 0 Å². The SMILES string of the molecule is CC12CCC(C(=O)Nc3ccc(SC(F)F)cc3)(c3nc4cc([N+](=O)[O-])ccc4nc31)C2(C)C. The van der Waals surface area contributed by atoms with Gasteiger partial charge in [0.2, 0.25) is 5.91 Å². The van der Waals surface area contributed by atoms with E-state index in [9.17, 15) is 23.7 Å². The van der Waals surface area contributed by atoms with E-state index in [0.717, 1.165) is 12.1 Å². The number of hydrogen-bond donors (Lipinski definition) is 1. The molecule has 0 spiro atoms. The third kappa shape index (κ3) is 2.97. The Balaban J connectivity index is 1.59. The van der Waals surface area contributed by atoms with Crippen molar-refractivity contribution < 1.29 is 18.5 Å². The molecule has 2 aromatic carbocycles. The number of halogens is 2. The van der Waals surface area contributed by atoms with Crippen LogP contribution in [0.3, 0.4) is 0 Å². The minimum Gasteiger partial charge on any atom is -0.325 e. The Morgan fingerprint density at radius 1 is 1.06 bits per heavy atom. The molecule has 1 aromatic heterocycles. The number of aromatic nitrogens is 2. The van der Waals surface area contributed by atoms with Crippen LogP contribution in [0.15, 0.2) is 47.4 Å². The number of benzene rings is 2. The predicted molar refractivity (Wildman–Crippen MR) is 125 cm³/mol. The smallest absolute Gasteiger partial charge is 0.288 e. The Hall–Kier alpha value is -3.14. The van der Waals surface area contributed by atoms with Gasteiger partial charge >= 0.3 is 0 Å². The summed E-state index contributed by atoms with van der Waals surface area (Å²) in [6.45, 7) is 6.17. The molecule has 2 aliphatic carbocycles. The highest BCUT2D eigenvalue weighted by Gasteiger charge is 2.73. The number of amides is 1. The zero-order valence-corrected chi connectivity index (χ0v) is 19.6. The van der Waals surface area contributed by atoms with Gasteiger partial charge in [-0.15, -0.1) is 0 Å². The molecule has 5 rings (SSSR count). The molecule has 1 amide bonds. The maximum atomic E-state index is 13.9. The quantitative estimate of drug-likeness (QED) is 0.278. The highest BCUT2D eigenvalue weighted by atomic mass is 32.2. The maximum absolute atomic E-state index is 13.9. The highest BCUT2D eigenvalue weighted by molar-refractivity contribution is 7.99. The summed E-state index contributed by atoms with van der Waals surface area (Å²) in [5.74, 6) is -2.76. The Bertz CT molecular complexity index is 1350. The second kappa shape index (κ2) is 7.43. The number of non-ortho nitro benzene ring substituents is 1. The Morgan fingerprint density at radius 2 is 1.74 bits per heavy atom. The van der Waals surface area contributed by atoms with Gasteiger partial charge < -0.3 is 5.32 Å². The molecular formula is C24H22F2N4O3S. The fourth-order valence-electron chi connectivity index (χ4n) is 5.66. The lowest BCUT2D eigenvalue weighted by atomic mass is 9.63. The maximum Gasteiger partial charge on any atom is 0.288 e. The van der Waals surface area contributed by atoms with Crippen LogP contribution in [0.25, 0.3) is 11.0 Å². The summed E-state index contributed by atoms with van der Waals surface area (Å²) in [6.07, 6.45) is 1.31. The molecule has 2 atom stereocenters. The van der Waals surface area contributed by atoms with Gasteiger partial charge in [-0.3, -0.25) is 14.9 Å². The van der Waals surface area contributed by atoms with Crippen LogP contribution in [0.5, 0.6) is 0 Å². The third-order valence-electron chi connectivity index (χ3n) is 7.96. The van der Waals surface area contributed by atoms with Gasteiger partial charge in [0.15, 0.2) is 0 Å². The molecule has 0 radical (unpaired) electrons. The molecule has 176 valence electrons. The first-order chi connectivity index (χ1) is 16.0. The first kappa shape index (κ1) is 22.6. The largest absolute Gasteiger partial charge is 0.325 e. The van der Waals surface area contributed by atoms with Crippen molar-refractivity contribution >= 4 is 40.1 Å². The number of hydrogen-bond acceptors (Lipinski definition) is 6. The number of thioether (sulfide) groups is 1. The standard InChI is InChI=1S/C24H22F2N4O3S/c1-22(2)23(3)10-11-24(22,20(31)27-13-4-7-15(8-5-13)34-21(25)26)19-18(23)28-16-9-6-14(30(32)33)12-17(16)29-19/h4-9,12,21H,10-11H2,1-3H3,(H,27,31). The second-order valence-corrected chi connectivity index (χ2v) is 10.6. The first-order valence-electron chi connectivity index (χ1n) is 10.8. The number of nitrogens with one attached hydrogen (secondary N) is 1. The van der Waals surface area contributed by atoms with Crippen LogP contribution in [0, 0.1) is 15.5 Å². The van der Waals surface area contributed by atoms with Crippen LogP contribution >= 0.6 is 11.8 Å². The van der Waals surface area contributed by atoms with E-state index in [4.69, 9.17) is 9.97 Å². The normalized spacial score (nSPS) is 24.4. The van der Waals surface area contributed by atoms with Crippen molar-refractivity contribution in [3.05, 3.63) is 64.0 Å². The van der Waals surface area contributed by atoms with Crippen molar-refractivity contribution in [2.75, 3.05) is 5.32 Å². The van der Waals surface area contributed by atoms with E-state index in [1.807, 2.05) is 13.8 Å². The molecule has 2 bridgehead atoms. The molecule has 0 saturated heterocycles. The van der Waals surface area contributed by atoms with Gasteiger partial charge in [-0.05, 0) is 48.6 Å². The van der Waals surface area contributed by atoms with E-state index in [0.29, 0.717) is 45.5 Å². The average Bonchev–Trinajstić information content (AvgIpc) is 3.08. The summed E-state index contributed by atoms with van der Waals surface area (Å²) in [6, 6.07) is 10.7. The predicted octanol–water partition coefficient (Wildman–Crippen LogP) is 5.82. The van der Waals surface area contributed by atoms with Crippen molar-refractivity contribution in [1.82, 2.24) is 9.97 Å². The number of nitro benzene ring substituents is 1. The van der Waals surface area contributed by atoms with E-state index in [1.54, 1.807) is 30.3 Å². The van der Waals surface area contributed by atoms with Crippen molar-refractivity contribution in [2.24, 2.45) is 5.41 Å². The van der Waals surface area contributed by atoms with Crippen LogP contribution in [0.4, 0.5) is 20.2 Å². The van der Waals surface area contributed by atoms with Gasteiger partial charge in [0.05, 0.1) is 32.8 Å². The zero-order valence-electron chi connectivity index (χ0n) is 18.8. The first-order valence-corrected chi connectivity index (χ1v) is 11.7. The summed E-state index contributed by atoms with van der Waals surface area (Å²) >= 11 is 0.444. The van der Waals surface area contributed by atoms with Gasteiger partial charge in [0, 0.05) is 28.1 Å². The van der Waals surface area contributed by atoms with Gasteiger partial charge in [-0.2, -0.15) is 8.78 Å². The molecule has 7 nitrogen and oxygen atoms in total. The summed E-state index contributed by atoms with van der Waals surface area (Å²) in [5, 5.41) is 14.2. The lowest BCUT2D eigenvalue weighted by molar-refractivity contribution is -0.384. The summed E-state index contributed by atoms with van der Waals surface area (Å²) < 4.78 is 25.2. The minimum absolute atomic E-state index is 0.0874. The molecule has 1 fully saturated rings. The van der Waals surface area contributed by atoms with E-state index in [2.05, 4.69) is 12.2 Å². The molecule has 1 saturated carbocycles. The molecule has 10 heteroatoms. The minimum atomic E-state index is -2.52. The lowest BCUT2D eigenvalue weighted by Crippen LogP contribution is -2.48. The fourth-order valence-corrected chi connectivity index (χ4v) is 6.16. The number of nitrogens with zero attached hydrogens (tertiary/aromatic N) is 3. The lowest BCUT2D eigenvalue weighted by Gasteiger charge is -2.39. The van der Waals surface area contributed by atoms with Crippen LogP contribution in [0.1, 0.15) is 45.0 Å². The van der Waals surface area contributed by atoms with Crippen LogP contribution in [-0.4, -0.2) is 26.6 Å². The Labute approximate surface area is 198 Å². The summed E-state index contributed by atoms with van der Waals surface area (Å²) in [5.41, 5.74) is 0.736. The molecule has 2 unspecified atom stereocenters. The van der Waals surface area contributed by atoms with E-state index >= 15 is 0 Å². The number of anilines is 1. The number of nitro groups is 1. The van der Waals surface area contributed by atoms with Gasteiger partial charge in [-0.25, -0.2) is 9.97 Å². The van der Waals surface area contributed by atoms with Crippen molar-refractivity contribution in [3.8, 4) is 0 Å². The summed E-state index contributed by atoms with van der Waals surface area (Å²) in [4.78, 5) is 34.7. The molecule has 2 aliphatic rings. The van der Waals surface area contributed by atoms with Crippen molar-refractivity contribution in [1.29, 1.82) is 0 Å². The number of alkyl halides is 2. The molecule has 3 aromatic rings. The molecule has 0 aliphatic heterocycles. The molecule has 1 N–H and O–H groups in total. The van der Waals surface area contributed by atoms with Crippen LogP contribution < -0.4 is 5.32 Å². The van der Waals surface area contributed by atoms with E-state index in [-0.39, 0.29) is 11.6 Å². The third-order valence-corrected chi connectivity index (χ3v) is 8.68. The number of rotatable bonds is 5. The number of carbonyl (C=O) groups is 1. The zero-order chi connectivity index (χ0) is 24.5. The summed E-state index contributed by atoms with van der Waals surface area (Å²) in [7, 11) is 0. The van der Waals surface area contributed by atoms with Gasteiger partial charge in [-0.1, -0.05) is 32.5 Å². The van der Waals surface area contributed by atoms with E-state index < -0.39 is 26.9 Å². The van der Waals surface area contributed by atoms with Gasteiger partial charge in [0.1, 0.15) is 0 Å². The topological polar surface area (TPSA) is 98.0 Å². The number of fused-ring (bicyclic) bond motifs is 6. The highest BCUT2D eigenvalue weighted by Crippen LogP contribution is 2.70. The van der Waals surface area contributed by atoms with Crippen LogP contribution in [0.2, 0.25) is 0 Å². The molecular weight excluding hydrogens is 462 g/mol. The molecule has 1 heterocycles. The average molecular weight is 485 g/mol. The second-order valence-electron chi connectivity index (χ2n) is 9.57. The van der Waals surface area contributed by atoms with Crippen molar-refractivity contribution in [2.45, 2.75) is 55.1 Å². The van der Waals surface area contributed by atoms with E-state index in [1.165, 1.54) is 12.1 Å². The number of carbonyl (C=O) groups excluding carboxylic acids is 1. The Morgan fingerprint density at radius 3 is 2.38 bits per heavy atom. The fraction of sp³-hybridized carbons (Fsp3) is 0.375. The monoisotopic (exact) mass is 484 g/mol. The van der Waals surface area contributed by atoms with Crippen LogP contribution in [-0.2, 0) is 15.6 Å². The van der Waals surface area contributed by atoms with Gasteiger partial charge in [0.25, 0.3) is 11.4 Å².